The first-order valence-electron chi connectivity index (χ1n) is 6.49. The van der Waals surface area contributed by atoms with Gasteiger partial charge in [0.15, 0.2) is 0 Å². The summed E-state index contributed by atoms with van der Waals surface area (Å²) in [5.41, 5.74) is 6.49. The van der Waals surface area contributed by atoms with Gasteiger partial charge < -0.3 is 11.1 Å². The van der Waals surface area contributed by atoms with E-state index >= 15 is 0 Å². The van der Waals surface area contributed by atoms with Gasteiger partial charge in [-0.05, 0) is 25.1 Å². The smallest absolute Gasteiger partial charge is 0.292 e. The highest BCUT2D eigenvalue weighted by Crippen LogP contribution is 2.25. The molecule has 110 valence electrons. The van der Waals surface area contributed by atoms with Crippen molar-refractivity contribution in [3.05, 3.63) is 33.9 Å². The molecule has 7 nitrogen and oxygen atoms in total. The minimum Gasteiger partial charge on any atom is -0.380 e. The molecule has 0 spiro atoms. The molecule has 0 aliphatic heterocycles. The minimum absolute atomic E-state index is 0.0412. The lowest BCUT2D eigenvalue weighted by Gasteiger charge is -2.18. The fourth-order valence-electron chi connectivity index (χ4n) is 1.92. The van der Waals surface area contributed by atoms with Gasteiger partial charge in [-0.25, -0.2) is 0 Å². The SMILES string of the molecule is CCNc1ccc(CN(CC)CC(N)=O)cc1[N+](=O)[O-]. The summed E-state index contributed by atoms with van der Waals surface area (Å²) in [6, 6.07) is 5.03. The summed E-state index contributed by atoms with van der Waals surface area (Å²) in [5, 5.41) is 14.0. The van der Waals surface area contributed by atoms with Gasteiger partial charge in [-0.2, -0.15) is 0 Å². The van der Waals surface area contributed by atoms with E-state index in [0.29, 0.717) is 25.3 Å². The van der Waals surface area contributed by atoms with Gasteiger partial charge >= 0.3 is 0 Å². The number of hydrogen-bond donors (Lipinski definition) is 2. The first-order chi connectivity index (χ1) is 9.47. The number of likely N-dealkylation sites (N-methyl/N-ethyl adjacent to an activating group) is 1. The third-order valence-corrected chi connectivity index (χ3v) is 2.86. The molecule has 1 rings (SSSR count). The average molecular weight is 280 g/mol. The molecule has 1 aromatic rings. The number of amides is 1. The highest BCUT2D eigenvalue weighted by molar-refractivity contribution is 5.75. The molecule has 1 aromatic carbocycles. The number of benzene rings is 1. The fraction of sp³-hybridized carbons (Fsp3) is 0.462. The average Bonchev–Trinajstić information content (AvgIpc) is 2.39. The van der Waals surface area contributed by atoms with Crippen LogP contribution in [0.5, 0.6) is 0 Å². The van der Waals surface area contributed by atoms with Gasteiger partial charge in [-0.1, -0.05) is 13.0 Å². The molecular formula is C13H20N4O3. The van der Waals surface area contributed by atoms with Gasteiger partial charge in [0.1, 0.15) is 5.69 Å². The van der Waals surface area contributed by atoms with E-state index in [1.54, 1.807) is 6.07 Å². The Bertz CT molecular complexity index is 491. The van der Waals surface area contributed by atoms with Crippen molar-refractivity contribution in [3.63, 3.8) is 0 Å². The van der Waals surface area contributed by atoms with Crippen LogP contribution in [0, 0.1) is 10.1 Å². The van der Waals surface area contributed by atoms with Gasteiger partial charge in [0.2, 0.25) is 5.91 Å². The summed E-state index contributed by atoms with van der Waals surface area (Å²) in [5.74, 6) is -0.411. The zero-order valence-corrected chi connectivity index (χ0v) is 11.8. The van der Waals surface area contributed by atoms with Crippen LogP contribution in [0.3, 0.4) is 0 Å². The normalized spacial score (nSPS) is 10.6. The Balaban J connectivity index is 2.93. The van der Waals surface area contributed by atoms with Crippen LogP contribution < -0.4 is 11.1 Å². The number of nitrogens with two attached hydrogens (primary N) is 1. The van der Waals surface area contributed by atoms with Crippen LogP contribution in [0.1, 0.15) is 19.4 Å². The van der Waals surface area contributed by atoms with E-state index in [9.17, 15) is 14.9 Å². The van der Waals surface area contributed by atoms with Crippen molar-refractivity contribution in [2.45, 2.75) is 20.4 Å². The number of nitro benzene ring substituents is 1. The van der Waals surface area contributed by atoms with Gasteiger partial charge in [-0.3, -0.25) is 19.8 Å². The number of carbonyl (C=O) groups excluding carboxylic acids is 1. The minimum atomic E-state index is -0.411. The van der Waals surface area contributed by atoms with E-state index < -0.39 is 10.8 Å². The molecule has 0 heterocycles. The molecule has 0 aliphatic rings. The Morgan fingerprint density at radius 1 is 1.45 bits per heavy atom. The molecule has 0 aromatic heterocycles. The van der Waals surface area contributed by atoms with E-state index in [2.05, 4.69) is 5.32 Å². The van der Waals surface area contributed by atoms with E-state index in [4.69, 9.17) is 5.73 Å². The molecule has 0 radical (unpaired) electrons. The number of nitrogens with zero attached hydrogens (tertiary/aromatic N) is 2. The van der Waals surface area contributed by atoms with Crippen LogP contribution >= 0.6 is 0 Å². The highest BCUT2D eigenvalue weighted by Gasteiger charge is 2.15. The number of nitro groups is 1. The van der Waals surface area contributed by atoms with Crippen molar-refractivity contribution in [1.82, 2.24) is 4.90 Å². The van der Waals surface area contributed by atoms with Crippen molar-refractivity contribution in [3.8, 4) is 0 Å². The van der Waals surface area contributed by atoms with Crippen molar-refractivity contribution in [2.75, 3.05) is 25.0 Å². The Morgan fingerprint density at radius 2 is 2.15 bits per heavy atom. The summed E-state index contributed by atoms with van der Waals surface area (Å²) < 4.78 is 0. The molecule has 0 fully saturated rings. The highest BCUT2D eigenvalue weighted by atomic mass is 16.6. The van der Waals surface area contributed by atoms with Crippen molar-refractivity contribution >= 4 is 17.3 Å². The zero-order chi connectivity index (χ0) is 15.1. The first kappa shape index (κ1) is 15.9. The standard InChI is InChI=1S/C13H20N4O3/c1-3-15-11-6-5-10(7-12(11)17(19)20)8-16(4-2)9-13(14)18/h5-7,15H,3-4,8-9H2,1-2H3,(H2,14,18). The predicted octanol–water partition coefficient (Wildman–Crippen LogP) is 1.33. The lowest BCUT2D eigenvalue weighted by atomic mass is 10.1. The summed E-state index contributed by atoms with van der Waals surface area (Å²) in [7, 11) is 0. The zero-order valence-electron chi connectivity index (χ0n) is 11.8. The second-order valence-electron chi connectivity index (χ2n) is 4.41. The van der Waals surface area contributed by atoms with E-state index in [-0.39, 0.29) is 12.2 Å². The van der Waals surface area contributed by atoms with Gasteiger partial charge in [0.05, 0.1) is 11.5 Å². The topological polar surface area (TPSA) is 102 Å². The first-order valence-corrected chi connectivity index (χ1v) is 6.49. The fourth-order valence-corrected chi connectivity index (χ4v) is 1.92. The molecule has 1 amide bonds. The maximum Gasteiger partial charge on any atom is 0.292 e. The molecule has 7 heteroatoms. The third-order valence-electron chi connectivity index (χ3n) is 2.86. The lowest BCUT2D eigenvalue weighted by Crippen LogP contribution is -2.33. The van der Waals surface area contributed by atoms with Crippen LogP contribution in [0.4, 0.5) is 11.4 Å². The van der Waals surface area contributed by atoms with E-state index in [1.165, 1.54) is 6.07 Å². The van der Waals surface area contributed by atoms with Gasteiger partial charge in [0, 0.05) is 19.2 Å². The van der Waals surface area contributed by atoms with Crippen molar-refractivity contribution in [2.24, 2.45) is 5.73 Å². The molecular weight excluding hydrogens is 260 g/mol. The van der Waals surface area contributed by atoms with Crippen LogP contribution in [0.2, 0.25) is 0 Å². The largest absolute Gasteiger partial charge is 0.380 e. The maximum absolute atomic E-state index is 11.1. The molecule has 3 N–H and O–H groups in total. The summed E-state index contributed by atoms with van der Waals surface area (Å²) in [6.07, 6.45) is 0. The third kappa shape index (κ3) is 4.51. The van der Waals surface area contributed by atoms with Crippen LogP contribution in [0.25, 0.3) is 0 Å². The quantitative estimate of drug-likeness (QED) is 0.552. The maximum atomic E-state index is 11.1. The number of nitrogens with one attached hydrogen (secondary N) is 1. The second-order valence-corrected chi connectivity index (χ2v) is 4.41. The lowest BCUT2D eigenvalue weighted by molar-refractivity contribution is -0.384. The van der Waals surface area contributed by atoms with Crippen LogP contribution in [-0.2, 0) is 11.3 Å². The molecule has 0 saturated carbocycles. The summed E-state index contributed by atoms with van der Waals surface area (Å²) in [4.78, 5) is 23.4. The second kappa shape index (κ2) is 7.44. The number of hydrogen-bond acceptors (Lipinski definition) is 5. The Labute approximate surface area is 117 Å². The summed E-state index contributed by atoms with van der Waals surface area (Å²) in [6.45, 7) is 5.63. The monoisotopic (exact) mass is 280 g/mol. The number of anilines is 1. The molecule has 0 saturated heterocycles. The molecule has 20 heavy (non-hydrogen) atoms. The van der Waals surface area contributed by atoms with Crippen LogP contribution in [0.15, 0.2) is 18.2 Å². The van der Waals surface area contributed by atoms with Crippen molar-refractivity contribution < 1.29 is 9.72 Å². The number of primary amides is 1. The molecule has 0 bridgehead atoms. The van der Waals surface area contributed by atoms with Gasteiger partial charge in [-0.15, -0.1) is 0 Å². The van der Waals surface area contributed by atoms with Crippen molar-refractivity contribution in [1.29, 1.82) is 0 Å². The van der Waals surface area contributed by atoms with E-state index in [0.717, 1.165) is 5.56 Å². The summed E-state index contributed by atoms with van der Waals surface area (Å²) >= 11 is 0. The molecule has 0 atom stereocenters. The van der Waals surface area contributed by atoms with Crippen LogP contribution in [-0.4, -0.2) is 35.4 Å². The Morgan fingerprint density at radius 3 is 2.65 bits per heavy atom. The predicted molar refractivity (Wildman–Crippen MR) is 77.4 cm³/mol. The number of carbonyl (C=O) groups is 1. The molecule has 0 unspecified atom stereocenters. The van der Waals surface area contributed by atoms with E-state index in [1.807, 2.05) is 24.8 Å². The Kier molecular flexibility index (Phi) is 5.92. The molecule has 0 aliphatic carbocycles. The number of rotatable bonds is 8. The Hall–Kier alpha value is -2.15. The van der Waals surface area contributed by atoms with Gasteiger partial charge in [0.25, 0.3) is 5.69 Å².